The summed E-state index contributed by atoms with van der Waals surface area (Å²) in [6.07, 6.45) is 0.525. The molecular formula is C19H25NO. The molecule has 0 aliphatic heterocycles. The van der Waals surface area contributed by atoms with E-state index in [1.807, 2.05) is 13.0 Å². The van der Waals surface area contributed by atoms with Gasteiger partial charge in [0, 0.05) is 19.6 Å². The van der Waals surface area contributed by atoms with Crippen LogP contribution in [0.15, 0.2) is 54.6 Å². The van der Waals surface area contributed by atoms with Crippen LogP contribution >= 0.6 is 0 Å². The summed E-state index contributed by atoms with van der Waals surface area (Å²) in [5.74, 6) is 0. The number of nitrogens with zero attached hydrogens (tertiary/aromatic N) is 1. The Balaban J connectivity index is 2.10. The Morgan fingerprint density at radius 2 is 1.62 bits per heavy atom. The summed E-state index contributed by atoms with van der Waals surface area (Å²) in [6.45, 7) is 6.62. The van der Waals surface area contributed by atoms with E-state index in [2.05, 4.69) is 60.4 Å². The SMILES string of the molecule is CC[C@@H](O)CN(Cc1ccccc1)Cc1ccccc1C. The molecule has 112 valence electrons. The molecule has 0 fully saturated rings. The summed E-state index contributed by atoms with van der Waals surface area (Å²) in [4.78, 5) is 2.33. The van der Waals surface area contributed by atoms with Crippen molar-refractivity contribution in [2.24, 2.45) is 0 Å². The highest BCUT2D eigenvalue weighted by molar-refractivity contribution is 5.25. The highest BCUT2D eigenvalue weighted by atomic mass is 16.3. The van der Waals surface area contributed by atoms with Crippen LogP contribution in [0.4, 0.5) is 0 Å². The molecule has 1 N–H and O–H groups in total. The molecule has 2 aromatic carbocycles. The molecule has 2 heteroatoms. The predicted octanol–water partition coefficient (Wildman–Crippen LogP) is 3.77. The van der Waals surface area contributed by atoms with Crippen LogP contribution in [0, 0.1) is 6.92 Å². The standard InChI is InChI=1S/C19H25NO/c1-3-19(21)15-20(13-17-10-5-4-6-11-17)14-18-12-8-7-9-16(18)2/h4-12,19,21H,3,13-15H2,1-2H3/t19-/m1/s1. The monoisotopic (exact) mass is 283 g/mol. The lowest BCUT2D eigenvalue weighted by Crippen LogP contribution is -2.31. The van der Waals surface area contributed by atoms with E-state index in [1.165, 1.54) is 16.7 Å². The maximum Gasteiger partial charge on any atom is 0.0664 e. The molecule has 0 saturated heterocycles. The lowest BCUT2D eigenvalue weighted by molar-refractivity contribution is 0.101. The van der Waals surface area contributed by atoms with E-state index in [1.54, 1.807) is 0 Å². The van der Waals surface area contributed by atoms with Crippen molar-refractivity contribution < 1.29 is 5.11 Å². The Hall–Kier alpha value is -1.64. The molecule has 0 bridgehead atoms. The average Bonchev–Trinajstić information content (AvgIpc) is 2.50. The number of benzene rings is 2. The number of rotatable bonds is 7. The van der Waals surface area contributed by atoms with Gasteiger partial charge in [-0.2, -0.15) is 0 Å². The first-order valence-corrected chi connectivity index (χ1v) is 7.68. The minimum Gasteiger partial charge on any atom is -0.392 e. The van der Waals surface area contributed by atoms with Crippen LogP contribution in [0.1, 0.15) is 30.0 Å². The molecule has 0 unspecified atom stereocenters. The maximum atomic E-state index is 10.0. The Morgan fingerprint density at radius 3 is 2.29 bits per heavy atom. The molecule has 2 aromatic rings. The number of hydrogen-bond acceptors (Lipinski definition) is 2. The van der Waals surface area contributed by atoms with Gasteiger partial charge in [0.15, 0.2) is 0 Å². The highest BCUT2D eigenvalue weighted by Gasteiger charge is 2.12. The number of hydrogen-bond donors (Lipinski definition) is 1. The second-order valence-electron chi connectivity index (χ2n) is 5.64. The Labute approximate surface area is 128 Å². The smallest absolute Gasteiger partial charge is 0.0664 e. The fraction of sp³-hybridized carbons (Fsp3) is 0.368. The maximum absolute atomic E-state index is 10.0. The van der Waals surface area contributed by atoms with Crippen molar-refractivity contribution in [1.29, 1.82) is 0 Å². The third-order valence-corrected chi connectivity index (χ3v) is 3.84. The summed E-state index contributed by atoms with van der Waals surface area (Å²) in [5, 5.41) is 10.0. The molecular weight excluding hydrogens is 258 g/mol. The first kappa shape index (κ1) is 15.7. The quantitative estimate of drug-likeness (QED) is 0.836. The van der Waals surface area contributed by atoms with Crippen molar-refractivity contribution in [3.8, 4) is 0 Å². The lowest BCUT2D eigenvalue weighted by atomic mass is 10.1. The van der Waals surface area contributed by atoms with Gasteiger partial charge in [-0.1, -0.05) is 61.5 Å². The van der Waals surface area contributed by atoms with E-state index >= 15 is 0 Å². The van der Waals surface area contributed by atoms with Crippen molar-refractivity contribution in [3.63, 3.8) is 0 Å². The molecule has 0 aromatic heterocycles. The third-order valence-electron chi connectivity index (χ3n) is 3.84. The van der Waals surface area contributed by atoms with Crippen molar-refractivity contribution in [2.45, 2.75) is 39.5 Å². The van der Waals surface area contributed by atoms with E-state index in [4.69, 9.17) is 0 Å². The van der Waals surface area contributed by atoms with E-state index in [9.17, 15) is 5.11 Å². The summed E-state index contributed by atoms with van der Waals surface area (Å²) in [7, 11) is 0. The first-order chi connectivity index (χ1) is 10.2. The van der Waals surface area contributed by atoms with Crippen molar-refractivity contribution in [3.05, 3.63) is 71.3 Å². The largest absolute Gasteiger partial charge is 0.392 e. The van der Waals surface area contributed by atoms with E-state index in [0.29, 0.717) is 6.54 Å². The Bertz CT molecular complexity index is 538. The van der Waals surface area contributed by atoms with Gasteiger partial charge in [-0.15, -0.1) is 0 Å². The molecule has 0 aliphatic carbocycles. The van der Waals surface area contributed by atoms with Crippen LogP contribution < -0.4 is 0 Å². The topological polar surface area (TPSA) is 23.5 Å². The molecule has 1 atom stereocenters. The molecule has 21 heavy (non-hydrogen) atoms. The minimum absolute atomic E-state index is 0.266. The van der Waals surface area contributed by atoms with E-state index in [0.717, 1.165) is 19.5 Å². The summed E-state index contributed by atoms with van der Waals surface area (Å²) in [6, 6.07) is 18.9. The predicted molar refractivity (Wildman–Crippen MR) is 88.0 cm³/mol. The number of aliphatic hydroxyl groups is 1. The van der Waals surface area contributed by atoms with Crippen LogP contribution in [0.3, 0.4) is 0 Å². The Kier molecular flexibility index (Phi) is 5.97. The number of aryl methyl sites for hydroxylation is 1. The van der Waals surface area contributed by atoms with Gasteiger partial charge in [-0.05, 0) is 30.0 Å². The summed E-state index contributed by atoms with van der Waals surface area (Å²) in [5.41, 5.74) is 3.92. The molecule has 0 aliphatic rings. The summed E-state index contributed by atoms with van der Waals surface area (Å²) >= 11 is 0. The van der Waals surface area contributed by atoms with Gasteiger partial charge >= 0.3 is 0 Å². The molecule has 0 amide bonds. The summed E-state index contributed by atoms with van der Waals surface area (Å²) < 4.78 is 0. The molecule has 2 rings (SSSR count). The number of aliphatic hydroxyl groups excluding tert-OH is 1. The van der Waals surface area contributed by atoms with E-state index < -0.39 is 0 Å². The lowest BCUT2D eigenvalue weighted by Gasteiger charge is -2.25. The van der Waals surface area contributed by atoms with Gasteiger partial charge in [-0.25, -0.2) is 0 Å². The van der Waals surface area contributed by atoms with Gasteiger partial charge in [0.05, 0.1) is 6.10 Å². The molecule has 0 spiro atoms. The van der Waals surface area contributed by atoms with Crippen LogP contribution in [0.2, 0.25) is 0 Å². The first-order valence-electron chi connectivity index (χ1n) is 7.68. The molecule has 2 nitrogen and oxygen atoms in total. The van der Waals surface area contributed by atoms with Gasteiger partial charge < -0.3 is 5.11 Å². The average molecular weight is 283 g/mol. The molecule has 0 radical (unpaired) electrons. The van der Waals surface area contributed by atoms with Gasteiger partial charge in [-0.3, -0.25) is 4.90 Å². The van der Waals surface area contributed by atoms with Gasteiger partial charge in [0.1, 0.15) is 0 Å². The fourth-order valence-corrected chi connectivity index (χ4v) is 2.48. The van der Waals surface area contributed by atoms with Gasteiger partial charge in [0.2, 0.25) is 0 Å². The zero-order valence-corrected chi connectivity index (χ0v) is 13.0. The van der Waals surface area contributed by atoms with Crippen molar-refractivity contribution in [1.82, 2.24) is 4.90 Å². The fourth-order valence-electron chi connectivity index (χ4n) is 2.48. The van der Waals surface area contributed by atoms with Crippen LogP contribution in [-0.4, -0.2) is 22.7 Å². The van der Waals surface area contributed by atoms with Crippen LogP contribution in [-0.2, 0) is 13.1 Å². The second kappa shape index (κ2) is 7.96. The Morgan fingerprint density at radius 1 is 0.952 bits per heavy atom. The highest BCUT2D eigenvalue weighted by Crippen LogP contribution is 2.14. The normalized spacial score (nSPS) is 12.6. The minimum atomic E-state index is -0.266. The molecule has 0 saturated carbocycles. The van der Waals surface area contributed by atoms with Crippen molar-refractivity contribution >= 4 is 0 Å². The van der Waals surface area contributed by atoms with Crippen LogP contribution in [0.25, 0.3) is 0 Å². The third kappa shape index (κ3) is 5.00. The second-order valence-corrected chi connectivity index (χ2v) is 5.64. The zero-order valence-electron chi connectivity index (χ0n) is 13.0. The van der Waals surface area contributed by atoms with Gasteiger partial charge in [0.25, 0.3) is 0 Å². The molecule has 0 heterocycles. The van der Waals surface area contributed by atoms with Crippen LogP contribution in [0.5, 0.6) is 0 Å². The zero-order chi connectivity index (χ0) is 15.1. The van der Waals surface area contributed by atoms with E-state index in [-0.39, 0.29) is 6.10 Å². The van der Waals surface area contributed by atoms with Crippen molar-refractivity contribution in [2.75, 3.05) is 6.54 Å².